The number of carbonyl (C=O) groups is 4. The van der Waals surface area contributed by atoms with E-state index in [1.54, 1.807) is 20.8 Å². The molecule has 2 aliphatic rings. The first-order chi connectivity index (χ1) is 25.2. The van der Waals surface area contributed by atoms with E-state index >= 15 is 0 Å². The fraction of sp³-hybridized carbons (Fsp3) is 0.879. The van der Waals surface area contributed by atoms with Gasteiger partial charge >= 0.3 is 28.3 Å². The molecule has 0 radical (unpaired) electrons. The number of aliphatic hydroxyl groups excluding tert-OH is 2. The van der Waals surface area contributed by atoms with Crippen LogP contribution in [0, 0.1) is 23.2 Å². The van der Waals surface area contributed by atoms with Gasteiger partial charge in [-0.15, -0.1) is 0 Å². The van der Waals surface area contributed by atoms with Crippen LogP contribution in [0.25, 0.3) is 0 Å². The smallest absolute Gasteiger partial charge is 0.397 e. The summed E-state index contributed by atoms with van der Waals surface area (Å²) in [7, 11) is 1.39. The highest BCUT2D eigenvalue weighted by Crippen LogP contribution is 2.35. The molecule has 0 spiro atoms. The van der Waals surface area contributed by atoms with Crippen LogP contribution in [0.3, 0.4) is 0 Å². The number of carbonyl (C=O) groups excluding carboxylic acids is 3. The molecule has 21 heteroatoms. The molecule has 2 rings (SSSR count). The van der Waals surface area contributed by atoms with Crippen molar-refractivity contribution in [1.82, 2.24) is 10.2 Å². The Labute approximate surface area is 315 Å². The lowest BCUT2D eigenvalue weighted by atomic mass is 9.79. The number of rotatable bonds is 22. The molecule has 1 amide bonds. The molecule has 0 aromatic heterocycles. The number of hydrogen-bond donors (Lipinski definition) is 5. The zero-order valence-electron chi connectivity index (χ0n) is 32.1. The lowest BCUT2D eigenvalue weighted by Crippen LogP contribution is -2.63. The van der Waals surface area contributed by atoms with E-state index in [9.17, 15) is 42.9 Å². The van der Waals surface area contributed by atoms with Crippen molar-refractivity contribution in [3.63, 3.8) is 0 Å². The maximum atomic E-state index is 13.6. The van der Waals surface area contributed by atoms with Gasteiger partial charge in [-0.05, 0) is 33.9 Å². The van der Waals surface area contributed by atoms with Crippen molar-refractivity contribution in [1.29, 1.82) is 0 Å². The zero-order chi connectivity index (χ0) is 41.0. The third-order valence-electron chi connectivity index (χ3n) is 9.62. The van der Waals surface area contributed by atoms with Gasteiger partial charge in [0.1, 0.15) is 31.0 Å². The predicted molar refractivity (Wildman–Crippen MR) is 185 cm³/mol. The summed E-state index contributed by atoms with van der Waals surface area (Å²) in [4.78, 5) is 52.8. The molecule has 0 aliphatic carbocycles. The second kappa shape index (κ2) is 21.7. The number of methoxy groups -OCH3 is 2. The average Bonchev–Trinajstić information content (AvgIpc) is 3.07. The molecule has 0 aromatic rings. The van der Waals surface area contributed by atoms with Crippen LogP contribution in [0.2, 0.25) is 0 Å². The van der Waals surface area contributed by atoms with Gasteiger partial charge < -0.3 is 58.7 Å². The molecule has 2 heterocycles. The van der Waals surface area contributed by atoms with Crippen LogP contribution in [0.15, 0.2) is 0 Å². The molecule has 0 bridgehead atoms. The van der Waals surface area contributed by atoms with Crippen molar-refractivity contribution in [2.24, 2.45) is 23.2 Å². The summed E-state index contributed by atoms with van der Waals surface area (Å²) in [6, 6.07) is -0.966. The molecule has 0 saturated carbocycles. The number of esters is 2. The van der Waals surface area contributed by atoms with Gasteiger partial charge in [0.2, 0.25) is 5.91 Å². The zero-order valence-corrected chi connectivity index (χ0v) is 32.9. The standard InChI is InChI=1S/C33H58N2O18S/c1-9-33(4,32(42)49-11-10-35(5)6)12-18(2)31(41)53-29-24(52-28(30(39)40)21(13-46-7)27(29)38)16-48-14-20-25(34-19(3)36)22(15-47-8)51-23(26(20)37)17-50-54(43,44)45/h18,20-29,37-38H,9-17H2,1-8H3,(H,34,36)(H,39,40)(H,43,44,45)/t18?,20-,21-,22-,23?,24-,25?,26+,27+,28?,29?,33?/m0/s1. The van der Waals surface area contributed by atoms with Crippen molar-refractivity contribution in [3.8, 4) is 0 Å². The van der Waals surface area contributed by atoms with Crippen LogP contribution in [-0.2, 0) is 66.9 Å². The van der Waals surface area contributed by atoms with E-state index < -0.39 is 126 Å². The van der Waals surface area contributed by atoms with Gasteiger partial charge in [0.15, 0.2) is 12.2 Å². The third-order valence-corrected chi connectivity index (χ3v) is 10.1. The Morgan fingerprint density at radius 1 is 0.926 bits per heavy atom. The summed E-state index contributed by atoms with van der Waals surface area (Å²) < 4.78 is 75.2. The average molecular weight is 803 g/mol. The highest BCUT2D eigenvalue weighted by atomic mass is 32.3. The van der Waals surface area contributed by atoms with Crippen molar-refractivity contribution >= 4 is 34.2 Å². The van der Waals surface area contributed by atoms with Crippen molar-refractivity contribution in [3.05, 3.63) is 0 Å². The fourth-order valence-corrected chi connectivity index (χ4v) is 6.80. The highest BCUT2D eigenvalue weighted by Gasteiger charge is 2.51. The molecule has 12 atom stereocenters. The van der Waals surface area contributed by atoms with E-state index in [1.165, 1.54) is 21.1 Å². The van der Waals surface area contributed by atoms with Gasteiger partial charge in [-0.1, -0.05) is 13.8 Å². The molecule has 6 unspecified atom stereocenters. The molecule has 314 valence electrons. The van der Waals surface area contributed by atoms with Crippen LogP contribution >= 0.6 is 0 Å². The van der Waals surface area contributed by atoms with Crippen LogP contribution in [0.4, 0.5) is 0 Å². The monoisotopic (exact) mass is 802 g/mol. The van der Waals surface area contributed by atoms with E-state index in [-0.39, 0.29) is 26.2 Å². The normalized spacial score (nSPS) is 30.6. The first kappa shape index (κ1) is 47.6. The van der Waals surface area contributed by atoms with Gasteiger partial charge in [0, 0.05) is 39.5 Å². The summed E-state index contributed by atoms with van der Waals surface area (Å²) in [6.45, 7) is 4.78. The van der Waals surface area contributed by atoms with Crippen molar-refractivity contribution in [2.75, 3.05) is 74.5 Å². The third kappa shape index (κ3) is 13.9. The molecule has 2 saturated heterocycles. The second-order valence-electron chi connectivity index (χ2n) is 14.2. The largest absolute Gasteiger partial charge is 0.479 e. The number of carboxylic acids is 1. The minimum absolute atomic E-state index is 0.0322. The second-order valence-corrected chi connectivity index (χ2v) is 15.3. The molecule has 0 aromatic carbocycles. The van der Waals surface area contributed by atoms with Crippen molar-refractivity contribution in [2.45, 2.75) is 89.3 Å². The fourth-order valence-electron chi connectivity index (χ4n) is 6.49. The van der Waals surface area contributed by atoms with E-state index in [0.717, 1.165) is 0 Å². The molecule has 20 nitrogen and oxygen atoms in total. The van der Waals surface area contributed by atoms with Gasteiger partial charge in [0.25, 0.3) is 0 Å². The number of aliphatic carboxylic acids is 1. The number of ether oxygens (including phenoxy) is 7. The first-order valence-corrected chi connectivity index (χ1v) is 18.9. The Kier molecular flexibility index (Phi) is 19.1. The summed E-state index contributed by atoms with van der Waals surface area (Å²) in [5.74, 6) is -6.34. The quantitative estimate of drug-likeness (QED) is 0.0625. The van der Waals surface area contributed by atoms with Gasteiger partial charge in [-0.3, -0.25) is 18.9 Å². The SMILES string of the molecule is CCC(C)(CC(C)C(=O)OC1[C@H](COC[C@H]2C(NC(C)=O)[C@H](COC)OC(COS(=O)(=O)O)[C@@H]2O)OC(C(=O)O)[C@@H](COC)[C@H]1O)C(=O)OCCN(C)C. The molecule has 54 heavy (non-hydrogen) atoms. The topological polar surface area (TPSA) is 272 Å². The Bertz CT molecular complexity index is 1340. The number of carboxylic acid groups (broad SMARTS) is 1. The molecule has 2 aliphatic heterocycles. The van der Waals surface area contributed by atoms with Crippen molar-refractivity contribution < 1.29 is 84.8 Å². The summed E-state index contributed by atoms with van der Waals surface area (Å²) in [5, 5.41) is 35.3. The summed E-state index contributed by atoms with van der Waals surface area (Å²) in [5.41, 5.74) is -1.05. The number of hydrogen-bond acceptors (Lipinski definition) is 17. The predicted octanol–water partition coefficient (Wildman–Crippen LogP) is -1.35. The Balaban J connectivity index is 2.34. The van der Waals surface area contributed by atoms with Crippen LogP contribution in [0.1, 0.15) is 40.5 Å². The van der Waals surface area contributed by atoms with E-state index in [4.69, 9.17) is 37.7 Å². The van der Waals surface area contributed by atoms with Crippen LogP contribution in [-0.4, -0.2) is 180 Å². The molecule has 5 N–H and O–H groups in total. The minimum atomic E-state index is -4.92. The van der Waals surface area contributed by atoms with Gasteiger partial charge in [0.05, 0.1) is 56.5 Å². The van der Waals surface area contributed by atoms with Crippen LogP contribution in [0.5, 0.6) is 0 Å². The van der Waals surface area contributed by atoms with Gasteiger partial charge in [-0.2, -0.15) is 8.42 Å². The number of nitrogens with one attached hydrogen (secondary N) is 1. The Hall–Kier alpha value is -2.57. The number of aliphatic hydroxyl groups is 2. The maximum Gasteiger partial charge on any atom is 0.397 e. The number of nitrogens with zero attached hydrogens (tertiary/aromatic N) is 1. The lowest BCUT2D eigenvalue weighted by molar-refractivity contribution is -0.240. The number of likely N-dealkylation sites (N-methyl/N-ethyl adjacent to an activating group) is 1. The van der Waals surface area contributed by atoms with E-state index in [1.807, 2.05) is 19.0 Å². The van der Waals surface area contributed by atoms with Crippen LogP contribution < -0.4 is 5.32 Å². The first-order valence-electron chi connectivity index (χ1n) is 17.6. The molecule has 2 fully saturated rings. The highest BCUT2D eigenvalue weighted by molar-refractivity contribution is 7.80. The molecular formula is C33H58N2O18S. The lowest BCUT2D eigenvalue weighted by Gasteiger charge is -2.45. The minimum Gasteiger partial charge on any atom is -0.479 e. The summed E-state index contributed by atoms with van der Waals surface area (Å²) in [6.07, 6.45) is -9.59. The molecular weight excluding hydrogens is 744 g/mol. The number of amides is 1. The van der Waals surface area contributed by atoms with E-state index in [0.29, 0.717) is 13.0 Å². The van der Waals surface area contributed by atoms with E-state index in [2.05, 4.69) is 9.50 Å². The van der Waals surface area contributed by atoms with Gasteiger partial charge in [-0.25, -0.2) is 8.98 Å². The Morgan fingerprint density at radius 2 is 1.57 bits per heavy atom. The summed E-state index contributed by atoms with van der Waals surface area (Å²) >= 11 is 0. The maximum absolute atomic E-state index is 13.6. The Morgan fingerprint density at radius 3 is 2.11 bits per heavy atom.